The Bertz CT molecular complexity index is 477. The summed E-state index contributed by atoms with van der Waals surface area (Å²) in [6.45, 7) is 0. The van der Waals surface area contributed by atoms with Gasteiger partial charge in [0.05, 0.1) is 12.0 Å². The van der Waals surface area contributed by atoms with Crippen LogP contribution >= 0.6 is 0 Å². The highest BCUT2D eigenvalue weighted by atomic mass is 19.4. The lowest BCUT2D eigenvalue weighted by molar-refractivity contribution is -0.276. The third kappa shape index (κ3) is 4.68. The third-order valence-corrected chi connectivity index (χ3v) is 1.93. The van der Waals surface area contributed by atoms with E-state index in [0.29, 0.717) is 12.1 Å². The molecule has 0 radical (unpaired) electrons. The van der Waals surface area contributed by atoms with Crippen LogP contribution in [0.2, 0.25) is 0 Å². The second-order valence-electron chi connectivity index (χ2n) is 3.45. The zero-order valence-corrected chi connectivity index (χ0v) is 8.97. The van der Waals surface area contributed by atoms with Gasteiger partial charge >= 0.3 is 18.5 Å². The normalized spacial score (nSPS) is 12.3. The molecule has 0 bridgehead atoms. The quantitative estimate of drug-likeness (QED) is 0.869. The first-order chi connectivity index (χ1) is 8.49. The van der Waals surface area contributed by atoms with Crippen molar-refractivity contribution in [1.82, 2.24) is 0 Å². The zero-order valence-electron chi connectivity index (χ0n) is 8.97. The summed E-state index contributed by atoms with van der Waals surface area (Å²) in [6, 6.07) is 1.58. The lowest BCUT2D eigenvalue weighted by Crippen LogP contribution is -2.20. The second-order valence-corrected chi connectivity index (χ2v) is 3.45. The maximum absolute atomic E-state index is 12.5. The largest absolute Gasteiger partial charge is 0.573 e. The number of hydrogen-bond donors (Lipinski definition) is 1. The number of carbonyl (C=O) groups is 1. The third-order valence-electron chi connectivity index (χ3n) is 1.93. The zero-order chi connectivity index (χ0) is 14.8. The van der Waals surface area contributed by atoms with Gasteiger partial charge in [0, 0.05) is 0 Å². The van der Waals surface area contributed by atoms with Crippen LogP contribution in [0.5, 0.6) is 5.75 Å². The van der Waals surface area contributed by atoms with Gasteiger partial charge in [0.15, 0.2) is 0 Å². The molecule has 0 amide bonds. The van der Waals surface area contributed by atoms with E-state index < -0.39 is 36.2 Å². The van der Waals surface area contributed by atoms with Gasteiger partial charge in [0.25, 0.3) is 0 Å². The van der Waals surface area contributed by atoms with E-state index in [0.717, 1.165) is 6.07 Å². The summed E-state index contributed by atoms with van der Waals surface area (Å²) in [6.07, 6.45) is -11.1. The number of rotatable bonds is 3. The molecule has 0 saturated carbocycles. The van der Waals surface area contributed by atoms with Crippen molar-refractivity contribution in [2.24, 2.45) is 0 Å². The predicted molar refractivity (Wildman–Crippen MR) is 49.5 cm³/mol. The van der Waals surface area contributed by atoms with Crippen LogP contribution in [-0.4, -0.2) is 17.4 Å². The Labute approximate surface area is 102 Å². The highest BCUT2D eigenvalue weighted by molar-refractivity contribution is 5.70. The summed E-state index contributed by atoms with van der Waals surface area (Å²) in [4.78, 5) is 10.4. The highest BCUT2D eigenvalue weighted by Crippen LogP contribution is 2.38. The van der Waals surface area contributed by atoms with E-state index in [9.17, 15) is 31.1 Å². The fourth-order valence-corrected chi connectivity index (χ4v) is 1.30. The Morgan fingerprint density at radius 3 is 2.16 bits per heavy atom. The average Bonchev–Trinajstić information content (AvgIpc) is 2.15. The van der Waals surface area contributed by atoms with Crippen molar-refractivity contribution in [2.75, 3.05) is 0 Å². The van der Waals surface area contributed by atoms with Gasteiger partial charge in [-0.15, -0.1) is 13.2 Å². The number of carboxylic acid groups (broad SMARTS) is 1. The number of ether oxygens (including phenoxy) is 1. The molecule has 9 heteroatoms. The van der Waals surface area contributed by atoms with Crippen LogP contribution in [0.25, 0.3) is 0 Å². The number of alkyl halides is 6. The van der Waals surface area contributed by atoms with Gasteiger partial charge in [-0.3, -0.25) is 4.79 Å². The molecule has 0 aliphatic heterocycles. The van der Waals surface area contributed by atoms with Gasteiger partial charge in [0.2, 0.25) is 0 Å². The van der Waals surface area contributed by atoms with E-state index in [1.54, 1.807) is 0 Å². The van der Waals surface area contributed by atoms with Crippen molar-refractivity contribution in [2.45, 2.75) is 19.0 Å². The summed E-state index contributed by atoms with van der Waals surface area (Å²) < 4.78 is 76.7. The fraction of sp³-hybridized carbons (Fsp3) is 0.300. The number of hydrogen-bond acceptors (Lipinski definition) is 2. The molecule has 0 spiro atoms. The van der Waals surface area contributed by atoms with E-state index in [4.69, 9.17) is 5.11 Å². The molecule has 1 rings (SSSR count). The number of carboxylic acids is 1. The number of aliphatic carboxylic acids is 1. The first kappa shape index (κ1) is 15.1. The smallest absolute Gasteiger partial charge is 0.481 e. The predicted octanol–water partition coefficient (Wildman–Crippen LogP) is 3.23. The van der Waals surface area contributed by atoms with Crippen molar-refractivity contribution in [3.8, 4) is 5.75 Å². The van der Waals surface area contributed by atoms with Crippen LogP contribution < -0.4 is 4.74 Å². The van der Waals surface area contributed by atoms with E-state index >= 15 is 0 Å². The van der Waals surface area contributed by atoms with Crippen LogP contribution in [0.15, 0.2) is 18.2 Å². The molecule has 106 valence electrons. The van der Waals surface area contributed by atoms with Crippen molar-refractivity contribution < 1.29 is 41.0 Å². The Hall–Kier alpha value is -1.93. The topological polar surface area (TPSA) is 46.5 Å². The lowest BCUT2D eigenvalue weighted by Gasteiger charge is -2.16. The lowest BCUT2D eigenvalue weighted by atomic mass is 10.1. The minimum Gasteiger partial charge on any atom is -0.481 e. The second kappa shape index (κ2) is 4.98. The minimum atomic E-state index is -5.27. The molecule has 1 N–H and O–H groups in total. The molecule has 0 aromatic heterocycles. The molecule has 3 nitrogen and oxygen atoms in total. The van der Waals surface area contributed by atoms with Gasteiger partial charge < -0.3 is 9.84 Å². The maximum Gasteiger partial charge on any atom is 0.573 e. The Morgan fingerprint density at radius 2 is 1.74 bits per heavy atom. The molecule has 0 saturated heterocycles. The fourth-order valence-electron chi connectivity index (χ4n) is 1.30. The molecule has 19 heavy (non-hydrogen) atoms. The molecule has 0 atom stereocenters. The Balaban J connectivity index is 3.21. The van der Waals surface area contributed by atoms with Crippen molar-refractivity contribution in [3.63, 3.8) is 0 Å². The van der Waals surface area contributed by atoms with Crippen molar-refractivity contribution >= 4 is 5.97 Å². The van der Waals surface area contributed by atoms with E-state index in [-0.39, 0.29) is 5.56 Å². The summed E-state index contributed by atoms with van der Waals surface area (Å²) in [5, 5.41) is 8.42. The van der Waals surface area contributed by atoms with Gasteiger partial charge in [-0.2, -0.15) is 13.2 Å². The molecule has 0 aliphatic carbocycles. The van der Waals surface area contributed by atoms with Gasteiger partial charge in [-0.05, 0) is 17.7 Å². The van der Waals surface area contributed by atoms with Crippen molar-refractivity contribution in [3.05, 3.63) is 29.3 Å². The molecule has 1 aromatic carbocycles. The van der Waals surface area contributed by atoms with Gasteiger partial charge in [0.1, 0.15) is 5.75 Å². The van der Waals surface area contributed by atoms with Crippen LogP contribution in [0, 0.1) is 0 Å². The Kier molecular flexibility index (Phi) is 3.97. The highest BCUT2D eigenvalue weighted by Gasteiger charge is 2.39. The summed E-state index contributed by atoms with van der Waals surface area (Å²) in [7, 11) is 0. The van der Waals surface area contributed by atoms with Crippen molar-refractivity contribution in [1.29, 1.82) is 0 Å². The number of halogens is 6. The van der Waals surface area contributed by atoms with E-state index in [1.807, 2.05) is 0 Å². The van der Waals surface area contributed by atoms with Crippen LogP contribution in [0.4, 0.5) is 26.3 Å². The molecular formula is C10H6F6O3. The van der Waals surface area contributed by atoms with Crippen LogP contribution in [-0.2, 0) is 17.4 Å². The number of benzene rings is 1. The molecule has 0 aliphatic rings. The molecule has 0 fully saturated rings. The molecule has 0 unspecified atom stereocenters. The first-order valence-electron chi connectivity index (χ1n) is 4.67. The standard InChI is InChI=1S/C10H6F6O3/c11-9(12,13)6-3-5(4-8(17)18)1-2-7(6)19-10(14,15)16/h1-3H,4H2,(H,17,18). The summed E-state index contributed by atoms with van der Waals surface area (Å²) in [5.41, 5.74) is -1.96. The minimum absolute atomic E-state index is 0.283. The van der Waals surface area contributed by atoms with Gasteiger partial charge in [-0.1, -0.05) is 6.07 Å². The monoisotopic (exact) mass is 288 g/mol. The van der Waals surface area contributed by atoms with E-state index in [1.165, 1.54) is 0 Å². The van der Waals surface area contributed by atoms with Gasteiger partial charge in [-0.25, -0.2) is 0 Å². The molecule has 0 heterocycles. The first-order valence-corrected chi connectivity index (χ1v) is 4.67. The summed E-state index contributed by atoms with van der Waals surface area (Å²) >= 11 is 0. The maximum atomic E-state index is 12.5. The molecular weight excluding hydrogens is 282 g/mol. The SMILES string of the molecule is O=C(O)Cc1ccc(OC(F)(F)F)c(C(F)(F)F)c1. The van der Waals surface area contributed by atoms with Crippen LogP contribution in [0.3, 0.4) is 0 Å². The molecule has 1 aromatic rings. The van der Waals surface area contributed by atoms with Crippen LogP contribution in [0.1, 0.15) is 11.1 Å². The average molecular weight is 288 g/mol. The van der Waals surface area contributed by atoms with E-state index in [2.05, 4.69) is 4.74 Å². The summed E-state index contributed by atoms with van der Waals surface area (Å²) in [5.74, 6) is -2.83. The Morgan fingerprint density at radius 1 is 1.16 bits per heavy atom.